The van der Waals surface area contributed by atoms with E-state index in [1.165, 1.54) is 11.0 Å². The van der Waals surface area contributed by atoms with Gasteiger partial charge in [0.25, 0.3) is 5.91 Å². The first-order chi connectivity index (χ1) is 10.6. The largest absolute Gasteiger partial charge is 0.507 e. The number of aromatic nitrogens is 1. The molecular formula is C16H13N3O3. The molecule has 22 heavy (non-hydrogen) atoms. The summed E-state index contributed by atoms with van der Waals surface area (Å²) in [5.41, 5.74) is 2.13. The number of allylic oxidation sites excluding steroid dienone is 1. The van der Waals surface area contributed by atoms with E-state index in [0.29, 0.717) is 35.1 Å². The van der Waals surface area contributed by atoms with E-state index in [1.54, 1.807) is 18.3 Å². The first kappa shape index (κ1) is 12.8. The van der Waals surface area contributed by atoms with Crippen LogP contribution in [-0.2, 0) is 4.79 Å². The number of nitrogens with one attached hydrogen (secondary N) is 1. The van der Waals surface area contributed by atoms with Crippen LogP contribution >= 0.6 is 0 Å². The first-order valence-electron chi connectivity index (χ1n) is 7.01. The van der Waals surface area contributed by atoms with Crippen LogP contribution in [-0.4, -0.2) is 27.9 Å². The number of phenols is 1. The lowest BCUT2D eigenvalue weighted by Gasteiger charge is -2.31. The molecule has 3 heterocycles. The van der Waals surface area contributed by atoms with E-state index in [2.05, 4.69) is 16.9 Å². The second kappa shape index (κ2) is 4.30. The Labute approximate surface area is 126 Å². The van der Waals surface area contributed by atoms with Gasteiger partial charge >= 0.3 is 0 Å². The summed E-state index contributed by atoms with van der Waals surface area (Å²) in [6.45, 7) is 3.75. The molecule has 1 atom stereocenters. The van der Waals surface area contributed by atoms with Crippen molar-refractivity contribution in [1.82, 2.24) is 10.3 Å². The number of anilines is 1. The van der Waals surface area contributed by atoms with Crippen molar-refractivity contribution >= 4 is 28.4 Å². The lowest BCUT2D eigenvalue weighted by atomic mass is 10.0. The number of phenolic OH excluding ortho intramolecular Hbond substituents is 1. The number of carbonyl (C=O) groups is 2. The topological polar surface area (TPSA) is 82.5 Å². The molecule has 1 fully saturated rings. The van der Waals surface area contributed by atoms with Gasteiger partial charge < -0.3 is 10.4 Å². The fourth-order valence-electron chi connectivity index (χ4n) is 3.18. The van der Waals surface area contributed by atoms with Crippen LogP contribution in [0.5, 0.6) is 5.75 Å². The summed E-state index contributed by atoms with van der Waals surface area (Å²) >= 11 is 0. The normalized spacial score (nSPS) is 20.6. The molecule has 0 spiro atoms. The zero-order valence-corrected chi connectivity index (χ0v) is 11.7. The summed E-state index contributed by atoms with van der Waals surface area (Å²) in [6.07, 6.45) is 2.73. The molecular weight excluding hydrogens is 282 g/mol. The van der Waals surface area contributed by atoms with E-state index in [0.717, 1.165) is 0 Å². The maximum absolute atomic E-state index is 12.8. The van der Waals surface area contributed by atoms with Crippen molar-refractivity contribution in [1.29, 1.82) is 0 Å². The van der Waals surface area contributed by atoms with Crippen LogP contribution < -0.4 is 10.2 Å². The molecule has 2 aliphatic rings. The Morgan fingerprint density at radius 1 is 1.32 bits per heavy atom. The zero-order valence-electron chi connectivity index (χ0n) is 11.7. The molecule has 2 aliphatic heterocycles. The maximum Gasteiger partial charge on any atom is 0.263 e. The molecule has 6 nitrogen and oxygen atoms in total. The average molecular weight is 295 g/mol. The second-order valence-electron chi connectivity index (χ2n) is 5.51. The van der Waals surface area contributed by atoms with Crippen molar-refractivity contribution in [2.75, 3.05) is 4.90 Å². The molecule has 1 saturated heterocycles. The van der Waals surface area contributed by atoms with E-state index in [4.69, 9.17) is 0 Å². The lowest BCUT2D eigenvalue weighted by molar-refractivity contribution is -0.122. The van der Waals surface area contributed by atoms with Gasteiger partial charge in [0.15, 0.2) is 0 Å². The van der Waals surface area contributed by atoms with Crippen molar-refractivity contribution < 1.29 is 14.7 Å². The Kier molecular flexibility index (Phi) is 2.51. The summed E-state index contributed by atoms with van der Waals surface area (Å²) in [5, 5.41) is 13.3. The Balaban J connectivity index is 1.89. The van der Waals surface area contributed by atoms with Crippen LogP contribution in [0.25, 0.3) is 10.9 Å². The van der Waals surface area contributed by atoms with Crippen LogP contribution in [0.1, 0.15) is 23.2 Å². The predicted octanol–water partition coefficient (Wildman–Crippen LogP) is 1.69. The van der Waals surface area contributed by atoms with E-state index in [1.807, 2.05) is 0 Å². The molecule has 0 radical (unpaired) electrons. The Morgan fingerprint density at radius 3 is 2.91 bits per heavy atom. The third kappa shape index (κ3) is 1.57. The van der Waals surface area contributed by atoms with Gasteiger partial charge in [-0.05, 0) is 31.0 Å². The number of carbonyl (C=O) groups excluding carboxylic acids is 2. The van der Waals surface area contributed by atoms with Crippen LogP contribution in [0.15, 0.2) is 36.7 Å². The van der Waals surface area contributed by atoms with Gasteiger partial charge in [0.2, 0.25) is 5.91 Å². The number of rotatable bonds is 1. The SMILES string of the molecule is C=C1CCC(N2C(=O)c3c(O)ccc4nccc2c34)C(=O)N1. The first-order valence-corrected chi connectivity index (χ1v) is 7.01. The van der Waals surface area contributed by atoms with E-state index in [9.17, 15) is 14.7 Å². The van der Waals surface area contributed by atoms with E-state index < -0.39 is 6.04 Å². The fraction of sp³-hybridized carbons (Fsp3) is 0.188. The number of benzene rings is 1. The molecule has 1 unspecified atom stereocenters. The highest BCUT2D eigenvalue weighted by Gasteiger charge is 2.41. The Morgan fingerprint density at radius 2 is 2.14 bits per heavy atom. The highest BCUT2D eigenvalue weighted by Crippen LogP contribution is 2.42. The third-order valence-electron chi connectivity index (χ3n) is 4.19. The molecule has 0 aliphatic carbocycles. The van der Waals surface area contributed by atoms with Crippen LogP contribution in [0.3, 0.4) is 0 Å². The number of pyridine rings is 1. The molecule has 4 rings (SSSR count). The molecule has 1 aromatic heterocycles. The summed E-state index contributed by atoms with van der Waals surface area (Å²) in [5.74, 6) is -0.699. The monoisotopic (exact) mass is 295 g/mol. The van der Waals surface area contributed by atoms with Gasteiger partial charge in [-0.3, -0.25) is 19.5 Å². The molecule has 6 heteroatoms. The quantitative estimate of drug-likeness (QED) is 0.838. The van der Waals surface area contributed by atoms with E-state index in [-0.39, 0.29) is 23.1 Å². The summed E-state index contributed by atoms with van der Waals surface area (Å²) in [7, 11) is 0. The highest BCUT2D eigenvalue weighted by atomic mass is 16.3. The fourth-order valence-corrected chi connectivity index (χ4v) is 3.18. The van der Waals surface area contributed by atoms with Gasteiger partial charge in [0.05, 0.1) is 16.8 Å². The standard InChI is InChI=1S/C16H13N3O3/c1-8-2-4-11(15(21)18-8)19-10-6-7-17-9-3-5-12(20)14(13(9)10)16(19)22/h3,5-7,11,20H,1-2,4H2,(H,18,21). The minimum absolute atomic E-state index is 0.0881. The maximum atomic E-state index is 12.8. The number of hydrogen-bond acceptors (Lipinski definition) is 4. The number of amides is 2. The summed E-state index contributed by atoms with van der Waals surface area (Å²) in [6, 6.07) is 4.22. The van der Waals surface area contributed by atoms with Gasteiger partial charge in [-0.1, -0.05) is 6.58 Å². The van der Waals surface area contributed by atoms with Crippen molar-refractivity contribution in [2.45, 2.75) is 18.9 Å². The van der Waals surface area contributed by atoms with Gasteiger partial charge in [-0.25, -0.2) is 0 Å². The number of nitrogens with zero attached hydrogens (tertiary/aromatic N) is 2. The summed E-state index contributed by atoms with van der Waals surface area (Å²) in [4.78, 5) is 30.7. The number of aromatic hydroxyl groups is 1. The molecule has 2 N–H and O–H groups in total. The minimum Gasteiger partial charge on any atom is -0.507 e. The van der Waals surface area contributed by atoms with Gasteiger partial charge in [-0.2, -0.15) is 0 Å². The molecule has 2 aromatic rings. The van der Waals surface area contributed by atoms with Crippen molar-refractivity contribution in [2.24, 2.45) is 0 Å². The van der Waals surface area contributed by atoms with Crippen LogP contribution in [0, 0.1) is 0 Å². The molecule has 0 saturated carbocycles. The van der Waals surface area contributed by atoms with Gasteiger partial charge in [-0.15, -0.1) is 0 Å². The van der Waals surface area contributed by atoms with Gasteiger partial charge in [0, 0.05) is 17.3 Å². The molecule has 110 valence electrons. The average Bonchev–Trinajstić information content (AvgIpc) is 2.78. The zero-order chi connectivity index (χ0) is 15.4. The van der Waals surface area contributed by atoms with Crippen molar-refractivity contribution in [3.63, 3.8) is 0 Å². The number of hydrogen-bond donors (Lipinski definition) is 2. The van der Waals surface area contributed by atoms with Crippen molar-refractivity contribution in [3.05, 3.63) is 42.2 Å². The second-order valence-corrected chi connectivity index (χ2v) is 5.51. The molecule has 1 aromatic carbocycles. The molecule has 2 amide bonds. The van der Waals surface area contributed by atoms with Gasteiger partial charge in [0.1, 0.15) is 11.8 Å². The van der Waals surface area contributed by atoms with Crippen molar-refractivity contribution in [3.8, 4) is 5.75 Å². The summed E-state index contributed by atoms with van der Waals surface area (Å²) < 4.78 is 0. The van der Waals surface area contributed by atoms with Crippen LogP contribution in [0.2, 0.25) is 0 Å². The predicted molar refractivity (Wildman–Crippen MR) is 80.5 cm³/mol. The third-order valence-corrected chi connectivity index (χ3v) is 4.19. The van der Waals surface area contributed by atoms with Crippen LogP contribution in [0.4, 0.5) is 5.69 Å². The number of piperidine rings is 1. The minimum atomic E-state index is -0.601. The molecule has 0 bridgehead atoms. The smallest absolute Gasteiger partial charge is 0.263 e. The Hall–Kier alpha value is -2.89. The van der Waals surface area contributed by atoms with E-state index >= 15 is 0 Å². The lowest BCUT2D eigenvalue weighted by Crippen LogP contribution is -2.51. The highest BCUT2D eigenvalue weighted by molar-refractivity contribution is 6.27. The Bertz CT molecular complexity index is 859.